The van der Waals surface area contributed by atoms with Gasteiger partial charge in [-0.15, -0.1) is 5.11 Å². The highest BCUT2D eigenvalue weighted by Crippen LogP contribution is 2.52. The molecule has 0 saturated carbocycles. The maximum Gasteiger partial charge on any atom is 0.248 e. The van der Waals surface area contributed by atoms with Crippen molar-refractivity contribution >= 4 is 23.6 Å². The molecule has 210 valence electrons. The topological polar surface area (TPSA) is 217 Å². The predicted molar refractivity (Wildman–Crippen MR) is 150 cm³/mol. The molecule has 3 amide bonds. The lowest BCUT2D eigenvalue weighted by Gasteiger charge is -2.33. The summed E-state index contributed by atoms with van der Waals surface area (Å²) < 4.78 is 0. The van der Waals surface area contributed by atoms with Crippen molar-refractivity contribution in [2.24, 2.45) is 27.6 Å². The molecule has 0 aromatic heterocycles. The number of amides is 3. The van der Waals surface area contributed by atoms with Crippen LogP contribution in [0.25, 0.3) is 11.1 Å². The first-order valence-corrected chi connectivity index (χ1v) is 13.2. The molecule has 2 aromatic rings. The lowest BCUT2D eigenvalue weighted by atomic mass is 9.72. The van der Waals surface area contributed by atoms with E-state index in [-0.39, 0.29) is 41.9 Å². The van der Waals surface area contributed by atoms with Gasteiger partial charge < -0.3 is 27.5 Å². The molecule has 1 saturated heterocycles. The zero-order valence-corrected chi connectivity index (χ0v) is 22.9. The van der Waals surface area contributed by atoms with Crippen LogP contribution >= 0.6 is 0 Å². The molecule has 12 heteroatoms. The van der Waals surface area contributed by atoms with Crippen LogP contribution in [0.5, 0.6) is 0 Å². The van der Waals surface area contributed by atoms with E-state index in [2.05, 4.69) is 21.7 Å². The van der Waals surface area contributed by atoms with Gasteiger partial charge in [0.15, 0.2) is 5.84 Å². The highest BCUT2D eigenvalue weighted by atomic mass is 16.2. The van der Waals surface area contributed by atoms with E-state index < -0.39 is 23.3 Å². The molecule has 0 unspecified atom stereocenters. The standard InChI is InChI=1S/C26H29N9O3.C2H6/c1-14(32-13-22(36)35-8-2-3-17(35)12-27)11-26(25(30)33-34-31)20-6-4-15(23(28)37)9-18(20)19-10-16(24(29)38)5-7-21(19)26;1-2/h4-7,9-10,14,17,32H,2-3,8,11,13H2,1H3,(H2,28,37)(H2,29,38)(H3,30,31,33);1-2H3/t14-,17+;/m1./s1. The number of hydrogen-bond acceptors (Lipinski definition) is 7. The van der Waals surface area contributed by atoms with E-state index in [1.807, 2.05) is 20.8 Å². The maximum absolute atomic E-state index is 12.8. The number of hydrogen-bond donors (Lipinski definition) is 5. The lowest BCUT2D eigenvalue weighted by Crippen LogP contribution is -2.46. The Labute approximate surface area is 233 Å². The molecule has 8 N–H and O–H groups in total. The number of nitrogens with zero attached hydrogens (tertiary/aromatic N) is 4. The van der Waals surface area contributed by atoms with E-state index >= 15 is 0 Å². The minimum atomic E-state index is -1.17. The van der Waals surface area contributed by atoms with E-state index in [1.165, 1.54) is 0 Å². The summed E-state index contributed by atoms with van der Waals surface area (Å²) in [5, 5.41) is 28.7. The van der Waals surface area contributed by atoms with Gasteiger partial charge in [-0.25, -0.2) is 0 Å². The summed E-state index contributed by atoms with van der Waals surface area (Å²) >= 11 is 0. The number of carbonyl (C=O) groups is 3. The summed E-state index contributed by atoms with van der Waals surface area (Å²) in [7, 11) is 0. The quantitative estimate of drug-likeness (QED) is 0.110. The van der Waals surface area contributed by atoms with Crippen LogP contribution in [-0.4, -0.2) is 53.6 Å². The molecule has 0 spiro atoms. The fraction of sp³-hybridized carbons (Fsp3) is 0.393. The second-order valence-corrected chi connectivity index (χ2v) is 9.58. The van der Waals surface area contributed by atoms with Gasteiger partial charge in [-0.1, -0.05) is 31.2 Å². The Balaban J connectivity index is 0.00000216. The highest BCUT2D eigenvalue weighted by Gasteiger charge is 2.48. The number of rotatable bonds is 8. The molecule has 2 atom stereocenters. The van der Waals surface area contributed by atoms with Crippen molar-refractivity contribution in [3.05, 3.63) is 58.7 Å². The maximum atomic E-state index is 12.8. The van der Waals surface area contributed by atoms with Crippen LogP contribution in [0.2, 0.25) is 0 Å². The van der Waals surface area contributed by atoms with Crippen molar-refractivity contribution < 1.29 is 14.4 Å². The smallest absolute Gasteiger partial charge is 0.248 e. The molecule has 12 nitrogen and oxygen atoms in total. The molecular formula is C28H35N9O3. The van der Waals surface area contributed by atoms with Gasteiger partial charge in [0.25, 0.3) is 0 Å². The zero-order valence-electron chi connectivity index (χ0n) is 22.9. The van der Waals surface area contributed by atoms with Crippen LogP contribution < -0.4 is 22.6 Å². The van der Waals surface area contributed by atoms with Gasteiger partial charge in [-0.2, -0.15) is 5.26 Å². The fourth-order valence-corrected chi connectivity index (χ4v) is 5.54. The van der Waals surface area contributed by atoms with Gasteiger partial charge >= 0.3 is 0 Å². The van der Waals surface area contributed by atoms with E-state index in [0.29, 0.717) is 35.2 Å². The molecule has 1 fully saturated rings. The Hall–Kier alpha value is -4.63. The Morgan fingerprint density at radius 3 is 2.15 bits per heavy atom. The van der Waals surface area contributed by atoms with Gasteiger partial charge in [-0.05, 0) is 72.7 Å². The highest BCUT2D eigenvalue weighted by molar-refractivity contribution is 6.05. The summed E-state index contributed by atoms with van der Waals surface area (Å²) in [5.74, 6) is 3.78. The minimum Gasteiger partial charge on any atom is -0.366 e. The van der Waals surface area contributed by atoms with Gasteiger partial charge in [0.1, 0.15) is 6.04 Å². The van der Waals surface area contributed by atoms with Gasteiger partial charge in [0, 0.05) is 23.7 Å². The molecule has 1 aliphatic heterocycles. The van der Waals surface area contributed by atoms with Crippen molar-refractivity contribution in [1.82, 2.24) is 10.2 Å². The first-order chi connectivity index (χ1) is 19.1. The third-order valence-electron chi connectivity index (χ3n) is 7.32. The first-order valence-electron chi connectivity index (χ1n) is 13.2. The van der Waals surface area contributed by atoms with Crippen LogP contribution in [0.3, 0.4) is 0 Å². The Morgan fingerprint density at radius 2 is 1.68 bits per heavy atom. The number of carbonyl (C=O) groups excluding carboxylic acids is 3. The number of primary amides is 2. The second kappa shape index (κ2) is 12.5. The summed E-state index contributed by atoms with van der Waals surface area (Å²) in [4.78, 5) is 38.3. The van der Waals surface area contributed by atoms with Gasteiger partial charge in [0.2, 0.25) is 17.7 Å². The number of likely N-dealkylation sites (tertiary alicyclic amines) is 1. The number of nitrogens with two attached hydrogens (primary N) is 3. The van der Waals surface area contributed by atoms with Crippen LogP contribution in [-0.2, 0) is 10.2 Å². The number of fused-ring (bicyclic) bond motifs is 3. The fourth-order valence-electron chi connectivity index (χ4n) is 5.54. The average molecular weight is 546 g/mol. The Kier molecular flexibility index (Phi) is 9.34. The van der Waals surface area contributed by atoms with Crippen molar-refractivity contribution in [3.63, 3.8) is 0 Å². The average Bonchev–Trinajstić information content (AvgIpc) is 3.54. The first kappa shape index (κ1) is 29.9. The largest absolute Gasteiger partial charge is 0.366 e. The summed E-state index contributed by atoms with van der Waals surface area (Å²) in [6, 6.07) is 11.2. The number of nitriles is 1. The number of amidine groups is 1. The third-order valence-corrected chi connectivity index (χ3v) is 7.32. The van der Waals surface area contributed by atoms with Crippen molar-refractivity contribution in [2.45, 2.75) is 57.5 Å². The lowest BCUT2D eigenvalue weighted by molar-refractivity contribution is -0.130. The normalized spacial score (nSPS) is 17.2. The minimum absolute atomic E-state index is 0.0160. The molecule has 2 aromatic carbocycles. The number of nitrogens with one attached hydrogen (secondary N) is 2. The van der Waals surface area contributed by atoms with Crippen molar-refractivity contribution in [3.8, 4) is 17.2 Å². The molecule has 0 bridgehead atoms. The molecule has 1 aliphatic carbocycles. The van der Waals surface area contributed by atoms with Crippen molar-refractivity contribution in [1.29, 1.82) is 10.7 Å². The molecule has 40 heavy (non-hydrogen) atoms. The summed E-state index contributed by atoms with van der Waals surface area (Å²) in [6.45, 7) is 6.44. The monoisotopic (exact) mass is 545 g/mol. The molecule has 1 heterocycles. The zero-order chi connectivity index (χ0) is 29.6. The van der Waals surface area contributed by atoms with Gasteiger partial charge in [0.05, 0.1) is 18.0 Å². The summed E-state index contributed by atoms with van der Waals surface area (Å²) in [5.41, 5.74) is 12.9. The Morgan fingerprint density at radius 1 is 1.12 bits per heavy atom. The molecule has 4 rings (SSSR count). The predicted octanol–water partition coefficient (Wildman–Crippen LogP) is 2.36. The van der Waals surface area contributed by atoms with E-state index in [9.17, 15) is 19.6 Å². The van der Waals surface area contributed by atoms with Crippen LogP contribution in [0.15, 0.2) is 46.7 Å². The van der Waals surface area contributed by atoms with Crippen LogP contribution in [0.4, 0.5) is 0 Å². The van der Waals surface area contributed by atoms with Crippen LogP contribution in [0, 0.1) is 16.7 Å². The number of benzene rings is 2. The van der Waals surface area contributed by atoms with Gasteiger partial charge in [-0.3, -0.25) is 19.8 Å². The van der Waals surface area contributed by atoms with Crippen molar-refractivity contribution in [2.75, 3.05) is 13.1 Å². The van der Waals surface area contributed by atoms with E-state index in [1.54, 1.807) is 41.3 Å². The molecular weight excluding hydrogens is 510 g/mol. The van der Waals surface area contributed by atoms with E-state index in [0.717, 1.165) is 6.42 Å². The SMILES string of the molecule is CC.C[C@H](CC1(C(=N)N=NN)c2ccc(C(N)=O)cc2-c2cc(C(N)=O)ccc21)NCC(=O)N1CCC[C@H]1C#N. The third kappa shape index (κ3) is 5.41. The molecule has 0 radical (unpaired) electrons. The van der Waals surface area contributed by atoms with Crippen LogP contribution in [0.1, 0.15) is 71.9 Å². The molecule has 2 aliphatic rings. The summed E-state index contributed by atoms with van der Waals surface area (Å²) in [6.07, 6.45) is 1.72. The second-order valence-electron chi connectivity index (χ2n) is 9.58. The van der Waals surface area contributed by atoms with E-state index in [4.69, 9.17) is 22.7 Å². The Bertz CT molecular complexity index is 1330.